The van der Waals surface area contributed by atoms with Crippen LogP contribution in [0.15, 0.2) is 66.7 Å². The zero-order chi connectivity index (χ0) is 25.3. The Balaban J connectivity index is 1.16. The first kappa shape index (κ1) is 25.4. The van der Waals surface area contributed by atoms with Crippen molar-refractivity contribution in [2.24, 2.45) is 0 Å². The quantitative estimate of drug-likeness (QED) is 0.290. The van der Waals surface area contributed by atoms with Gasteiger partial charge >= 0.3 is 5.97 Å². The van der Waals surface area contributed by atoms with E-state index in [1.807, 2.05) is 54.6 Å². The molecule has 0 aliphatic heterocycles. The van der Waals surface area contributed by atoms with Crippen molar-refractivity contribution in [3.05, 3.63) is 77.9 Å². The summed E-state index contributed by atoms with van der Waals surface area (Å²) in [7, 11) is 0. The van der Waals surface area contributed by atoms with Gasteiger partial charge in [-0.25, -0.2) is 4.79 Å². The van der Waals surface area contributed by atoms with Gasteiger partial charge in [-0.05, 0) is 79.3 Å². The third-order valence-electron chi connectivity index (χ3n) is 6.42. The predicted octanol–water partition coefficient (Wildman–Crippen LogP) is 5.02. The molecule has 0 radical (unpaired) electrons. The lowest BCUT2D eigenvalue weighted by atomic mass is 9.95. The molecular formula is C29H31NO6. The Bertz CT molecular complexity index is 1200. The molecule has 1 amide bonds. The number of carbonyl (C=O) groups excluding carboxylic acids is 2. The van der Waals surface area contributed by atoms with Gasteiger partial charge in [0.15, 0.2) is 5.78 Å². The Hall–Kier alpha value is -3.71. The number of Topliss-reactive ketones (excluding diaryl/α,β-unsaturated/α-hetero) is 1. The van der Waals surface area contributed by atoms with Crippen LogP contribution in [0, 0.1) is 0 Å². The van der Waals surface area contributed by atoms with E-state index in [-0.39, 0.29) is 30.5 Å². The third kappa shape index (κ3) is 7.15. The second-order valence-corrected chi connectivity index (χ2v) is 9.09. The van der Waals surface area contributed by atoms with Gasteiger partial charge in [0.25, 0.3) is 5.91 Å². The second-order valence-electron chi connectivity index (χ2n) is 9.09. The van der Waals surface area contributed by atoms with Crippen molar-refractivity contribution >= 4 is 28.4 Å². The highest BCUT2D eigenvalue weighted by molar-refractivity contribution is 5.99. The van der Waals surface area contributed by atoms with Gasteiger partial charge in [-0.3, -0.25) is 9.59 Å². The summed E-state index contributed by atoms with van der Waals surface area (Å²) in [5.74, 6) is -0.354. The summed E-state index contributed by atoms with van der Waals surface area (Å²) in [6, 6.07) is 20.7. The monoisotopic (exact) mass is 489 g/mol. The molecule has 4 rings (SSSR count). The molecule has 0 spiro atoms. The molecule has 0 atom stereocenters. The van der Waals surface area contributed by atoms with Crippen molar-refractivity contribution in [1.29, 1.82) is 0 Å². The SMILES string of the molecule is O=C(O)COC1CCC(Oc2ccc(C(=O)CCCNC(=O)c3ccc4ccccc4c3)cc2)CC1. The van der Waals surface area contributed by atoms with Gasteiger partial charge in [-0.1, -0.05) is 30.3 Å². The van der Waals surface area contributed by atoms with Gasteiger partial charge in [-0.15, -0.1) is 0 Å². The number of hydrogen-bond donors (Lipinski definition) is 2. The van der Waals surface area contributed by atoms with Crippen LogP contribution in [0.5, 0.6) is 5.75 Å². The highest BCUT2D eigenvalue weighted by Gasteiger charge is 2.23. The molecule has 3 aromatic carbocycles. The minimum absolute atomic E-state index is 0.0255. The van der Waals surface area contributed by atoms with Crippen LogP contribution in [0.25, 0.3) is 10.8 Å². The minimum atomic E-state index is -0.950. The molecule has 0 saturated heterocycles. The number of carboxylic acids is 1. The molecule has 7 heteroatoms. The summed E-state index contributed by atoms with van der Waals surface area (Å²) in [5, 5.41) is 13.7. The number of aliphatic carboxylic acids is 1. The molecule has 1 saturated carbocycles. The van der Waals surface area contributed by atoms with Crippen molar-refractivity contribution in [3.63, 3.8) is 0 Å². The number of carbonyl (C=O) groups is 3. The molecule has 7 nitrogen and oxygen atoms in total. The Labute approximate surface area is 210 Å². The van der Waals surface area contributed by atoms with Crippen LogP contribution in [-0.4, -0.2) is 48.1 Å². The van der Waals surface area contributed by atoms with Gasteiger partial charge in [0.05, 0.1) is 12.2 Å². The molecule has 2 N–H and O–H groups in total. The van der Waals surface area contributed by atoms with Crippen molar-refractivity contribution in [3.8, 4) is 5.75 Å². The smallest absolute Gasteiger partial charge is 0.329 e. The minimum Gasteiger partial charge on any atom is -0.490 e. The zero-order valence-electron chi connectivity index (χ0n) is 20.2. The lowest BCUT2D eigenvalue weighted by molar-refractivity contribution is -0.145. The first-order valence-corrected chi connectivity index (χ1v) is 12.4. The maximum Gasteiger partial charge on any atom is 0.329 e. The molecule has 0 heterocycles. The Morgan fingerprint density at radius 1 is 0.833 bits per heavy atom. The summed E-state index contributed by atoms with van der Waals surface area (Å²) >= 11 is 0. The molecule has 0 aromatic heterocycles. The van der Waals surface area contributed by atoms with E-state index in [1.54, 1.807) is 12.1 Å². The van der Waals surface area contributed by atoms with Gasteiger partial charge in [0, 0.05) is 24.1 Å². The number of carboxylic acid groups (broad SMARTS) is 1. The summed E-state index contributed by atoms with van der Waals surface area (Å²) < 4.78 is 11.4. The average molecular weight is 490 g/mol. The highest BCUT2D eigenvalue weighted by Crippen LogP contribution is 2.26. The van der Waals surface area contributed by atoms with E-state index < -0.39 is 5.97 Å². The van der Waals surface area contributed by atoms with E-state index in [4.69, 9.17) is 14.6 Å². The number of ether oxygens (including phenoxy) is 2. The van der Waals surface area contributed by atoms with Crippen molar-refractivity contribution in [2.45, 2.75) is 50.7 Å². The summed E-state index contributed by atoms with van der Waals surface area (Å²) in [5.41, 5.74) is 1.23. The number of benzene rings is 3. The number of rotatable bonds is 11. The van der Waals surface area contributed by atoms with E-state index in [1.165, 1.54) is 0 Å². The van der Waals surface area contributed by atoms with Gasteiger partial charge in [0.2, 0.25) is 0 Å². The summed E-state index contributed by atoms with van der Waals surface area (Å²) in [6.45, 7) is 0.167. The number of amides is 1. The van der Waals surface area contributed by atoms with Crippen LogP contribution < -0.4 is 10.1 Å². The molecule has 0 bridgehead atoms. The fourth-order valence-electron chi connectivity index (χ4n) is 4.45. The Morgan fingerprint density at radius 3 is 2.22 bits per heavy atom. The Kier molecular flexibility index (Phi) is 8.68. The van der Waals surface area contributed by atoms with E-state index in [2.05, 4.69) is 5.32 Å². The molecule has 1 aliphatic rings. The molecule has 36 heavy (non-hydrogen) atoms. The summed E-state index contributed by atoms with van der Waals surface area (Å²) in [6.07, 6.45) is 4.08. The zero-order valence-corrected chi connectivity index (χ0v) is 20.2. The maximum absolute atomic E-state index is 12.5. The fourth-order valence-corrected chi connectivity index (χ4v) is 4.45. The molecule has 3 aromatic rings. The Morgan fingerprint density at radius 2 is 1.50 bits per heavy atom. The fraction of sp³-hybridized carbons (Fsp3) is 0.345. The van der Waals surface area contributed by atoms with Gasteiger partial charge in [0.1, 0.15) is 12.4 Å². The summed E-state index contributed by atoms with van der Waals surface area (Å²) in [4.78, 5) is 35.6. The first-order chi connectivity index (χ1) is 17.5. The maximum atomic E-state index is 12.5. The van der Waals surface area contributed by atoms with E-state index in [0.29, 0.717) is 36.3 Å². The van der Waals surface area contributed by atoms with Crippen molar-refractivity contribution in [1.82, 2.24) is 5.32 Å². The van der Waals surface area contributed by atoms with Crippen LogP contribution in [0.2, 0.25) is 0 Å². The van der Waals surface area contributed by atoms with Crippen LogP contribution >= 0.6 is 0 Å². The normalized spacial score (nSPS) is 17.4. The number of ketones is 1. The van der Waals surface area contributed by atoms with E-state index >= 15 is 0 Å². The van der Waals surface area contributed by atoms with Crippen LogP contribution in [0.3, 0.4) is 0 Å². The largest absolute Gasteiger partial charge is 0.490 e. The lowest BCUT2D eigenvalue weighted by Gasteiger charge is -2.28. The van der Waals surface area contributed by atoms with Crippen LogP contribution in [0.4, 0.5) is 0 Å². The van der Waals surface area contributed by atoms with E-state index in [0.717, 1.165) is 36.5 Å². The molecule has 0 unspecified atom stereocenters. The molecule has 1 aliphatic carbocycles. The van der Waals surface area contributed by atoms with E-state index in [9.17, 15) is 14.4 Å². The van der Waals surface area contributed by atoms with Gasteiger partial charge in [-0.2, -0.15) is 0 Å². The predicted molar refractivity (Wildman–Crippen MR) is 137 cm³/mol. The van der Waals surface area contributed by atoms with Crippen LogP contribution in [-0.2, 0) is 9.53 Å². The highest BCUT2D eigenvalue weighted by atomic mass is 16.5. The van der Waals surface area contributed by atoms with Crippen LogP contribution in [0.1, 0.15) is 59.2 Å². The second kappa shape index (κ2) is 12.3. The lowest BCUT2D eigenvalue weighted by Crippen LogP contribution is -2.29. The number of nitrogens with one attached hydrogen (secondary N) is 1. The topological polar surface area (TPSA) is 102 Å². The average Bonchev–Trinajstić information content (AvgIpc) is 2.90. The third-order valence-corrected chi connectivity index (χ3v) is 6.42. The molecular weight excluding hydrogens is 458 g/mol. The van der Waals surface area contributed by atoms with Crippen molar-refractivity contribution in [2.75, 3.05) is 13.2 Å². The molecule has 188 valence electrons. The first-order valence-electron chi connectivity index (χ1n) is 12.4. The standard InChI is InChI=1S/C29H31NO6/c31-27(6-3-17-30-29(34)23-8-7-20-4-1-2-5-22(20)18-23)21-9-11-25(12-10-21)36-26-15-13-24(14-16-26)35-19-28(32)33/h1-2,4-5,7-12,18,24,26H,3,6,13-17,19H2,(H,30,34)(H,32,33). The number of fused-ring (bicyclic) bond motifs is 1. The van der Waals surface area contributed by atoms with Gasteiger partial charge < -0.3 is 19.9 Å². The molecule has 1 fully saturated rings. The van der Waals surface area contributed by atoms with Crippen molar-refractivity contribution < 1.29 is 29.0 Å². The number of hydrogen-bond acceptors (Lipinski definition) is 5.